The van der Waals surface area contributed by atoms with Crippen molar-refractivity contribution < 1.29 is 17.6 Å². The summed E-state index contributed by atoms with van der Waals surface area (Å²) in [6, 6.07) is 3.22. The Hall–Kier alpha value is -1.30. The minimum absolute atomic E-state index is 0.440. The lowest BCUT2D eigenvalue weighted by Crippen LogP contribution is -2.34. The molecular formula is C13H16F4N2. The second-order valence-electron chi connectivity index (χ2n) is 4.61. The van der Waals surface area contributed by atoms with Gasteiger partial charge < -0.3 is 10.2 Å². The fraction of sp³-hybridized carbons (Fsp3) is 0.538. The molecule has 0 atom stereocenters. The third-order valence-corrected chi connectivity index (χ3v) is 3.18. The minimum Gasteiger partial charge on any atom is -0.371 e. The largest absolute Gasteiger partial charge is 0.419 e. The van der Waals surface area contributed by atoms with Crippen molar-refractivity contribution in [2.75, 3.05) is 31.1 Å². The van der Waals surface area contributed by atoms with E-state index in [4.69, 9.17) is 0 Å². The number of rotatable bonds is 1. The summed E-state index contributed by atoms with van der Waals surface area (Å²) in [5.41, 5.74) is -0.749. The lowest BCUT2D eigenvalue weighted by molar-refractivity contribution is -0.139. The first-order valence-corrected chi connectivity index (χ1v) is 6.31. The van der Waals surface area contributed by atoms with E-state index < -0.39 is 17.6 Å². The smallest absolute Gasteiger partial charge is 0.371 e. The summed E-state index contributed by atoms with van der Waals surface area (Å²) < 4.78 is 51.2. The molecule has 2 nitrogen and oxygen atoms in total. The fourth-order valence-electron chi connectivity index (χ4n) is 2.21. The van der Waals surface area contributed by atoms with Crippen LogP contribution in [0.25, 0.3) is 0 Å². The van der Waals surface area contributed by atoms with Gasteiger partial charge in [-0.1, -0.05) is 0 Å². The third kappa shape index (κ3) is 3.59. The predicted molar refractivity (Wildman–Crippen MR) is 65.7 cm³/mol. The number of hydrogen-bond acceptors (Lipinski definition) is 2. The van der Waals surface area contributed by atoms with Gasteiger partial charge in [-0.15, -0.1) is 0 Å². The summed E-state index contributed by atoms with van der Waals surface area (Å²) in [6.45, 7) is 3.06. The molecule has 0 unspecified atom stereocenters. The van der Waals surface area contributed by atoms with Gasteiger partial charge in [-0.25, -0.2) is 4.39 Å². The molecule has 1 aromatic carbocycles. The lowest BCUT2D eigenvalue weighted by atomic mass is 10.1. The Morgan fingerprint density at radius 2 is 1.68 bits per heavy atom. The van der Waals surface area contributed by atoms with Crippen molar-refractivity contribution in [3.8, 4) is 0 Å². The van der Waals surface area contributed by atoms with Gasteiger partial charge in [0.05, 0.1) is 5.56 Å². The molecule has 0 aliphatic carbocycles. The van der Waals surface area contributed by atoms with Gasteiger partial charge in [0.15, 0.2) is 0 Å². The van der Waals surface area contributed by atoms with Crippen LogP contribution in [0.15, 0.2) is 18.2 Å². The Morgan fingerprint density at radius 3 is 2.26 bits per heavy atom. The molecule has 19 heavy (non-hydrogen) atoms. The predicted octanol–water partition coefficient (Wildman–Crippen LogP) is 3.03. The molecule has 106 valence electrons. The normalized spacial score (nSPS) is 18.0. The number of nitrogens with zero attached hydrogens (tertiary/aromatic N) is 1. The van der Waals surface area contributed by atoms with Crippen molar-refractivity contribution in [1.29, 1.82) is 0 Å². The average molecular weight is 276 g/mol. The first-order chi connectivity index (χ1) is 8.98. The molecular weight excluding hydrogens is 260 g/mol. The summed E-state index contributed by atoms with van der Waals surface area (Å²) in [6.07, 6.45) is -2.93. The molecule has 0 spiro atoms. The Morgan fingerprint density at radius 1 is 1.05 bits per heavy atom. The molecule has 0 radical (unpaired) electrons. The van der Waals surface area contributed by atoms with Crippen LogP contribution in [0, 0.1) is 5.82 Å². The number of benzene rings is 1. The fourth-order valence-corrected chi connectivity index (χ4v) is 2.21. The zero-order valence-electron chi connectivity index (χ0n) is 10.4. The van der Waals surface area contributed by atoms with E-state index in [1.165, 1.54) is 6.07 Å². The summed E-state index contributed by atoms with van der Waals surface area (Å²) in [5.74, 6) is -1.22. The van der Waals surface area contributed by atoms with Crippen molar-refractivity contribution >= 4 is 5.69 Å². The zero-order valence-corrected chi connectivity index (χ0v) is 10.4. The molecule has 6 heteroatoms. The van der Waals surface area contributed by atoms with Crippen LogP contribution in [0.3, 0.4) is 0 Å². The first kappa shape index (κ1) is 14.1. The van der Waals surface area contributed by atoms with E-state index in [1.807, 2.05) is 4.90 Å². The second-order valence-corrected chi connectivity index (χ2v) is 4.61. The highest BCUT2D eigenvalue weighted by atomic mass is 19.4. The van der Waals surface area contributed by atoms with Gasteiger partial charge in [-0.2, -0.15) is 13.2 Å². The van der Waals surface area contributed by atoms with Crippen molar-refractivity contribution in [3.05, 3.63) is 29.6 Å². The molecule has 1 N–H and O–H groups in total. The first-order valence-electron chi connectivity index (χ1n) is 6.31. The van der Waals surface area contributed by atoms with Crippen molar-refractivity contribution in [3.63, 3.8) is 0 Å². The Bertz CT molecular complexity index is 423. The van der Waals surface area contributed by atoms with E-state index in [9.17, 15) is 17.6 Å². The highest BCUT2D eigenvalue weighted by Crippen LogP contribution is 2.34. The minimum atomic E-state index is -4.65. The molecule has 1 aliphatic heterocycles. The van der Waals surface area contributed by atoms with E-state index in [2.05, 4.69) is 5.32 Å². The van der Waals surface area contributed by atoms with Gasteiger partial charge in [-0.3, -0.25) is 0 Å². The van der Waals surface area contributed by atoms with Gasteiger partial charge in [-0.05, 0) is 44.1 Å². The van der Waals surface area contributed by atoms with Gasteiger partial charge >= 0.3 is 6.18 Å². The van der Waals surface area contributed by atoms with E-state index in [-0.39, 0.29) is 0 Å². The Kier molecular flexibility index (Phi) is 4.29. The number of alkyl halides is 3. The van der Waals surface area contributed by atoms with E-state index in [0.717, 1.165) is 38.1 Å². The molecule has 0 aromatic heterocycles. The standard InChI is InChI=1S/C13H16F4N2/c14-12-4-3-10(9-11(12)13(15,16)17)19-7-1-5-18-6-2-8-19/h3-4,9,18H,1-2,5-8H2. The average Bonchev–Trinajstić information content (AvgIpc) is 2.28. The van der Waals surface area contributed by atoms with Crippen LogP contribution >= 0.6 is 0 Å². The van der Waals surface area contributed by atoms with Crippen LogP contribution < -0.4 is 10.2 Å². The van der Waals surface area contributed by atoms with Crippen LogP contribution in [0.5, 0.6) is 0 Å². The SMILES string of the molecule is Fc1ccc(N2CCCNCCC2)cc1C(F)(F)F. The van der Waals surface area contributed by atoms with E-state index in [0.29, 0.717) is 18.8 Å². The van der Waals surface area contributed by atoms with Gasteiger partial charge in [0.25, 0.3) is 0 Å². The molecule has 0 bridgehead atoms. The number of hydrogen-bond donors (Lipinski definition) is 1. The van der Waals surface area contributed by atoms with E-state index >= 15 is 0 Å². The number of nitrogens with one attached hydrogen (secondary N) is 1. The van der Waals surface area contributed by atoms with Crippen LogP contribution in [0.2, 0.25) is 0 Å². The van der Waals surface area contributed by atoms with E-state index in [1.54, 1.807) is 0 Å². The summed E-state index contributed by atoms with van der Waals surface area (Å²) in [5, 5.41) is 3.24. The maximum Gasteiger partial charge on any atom is 0.419 e. The summed E-state index contributed by atoms with van der Waals surface area (Å²) >= 11 is 0. The summed E-state index contributed by atoms with van der Waals surface area (Å²) in [4.78, 5) is 1.88. The van der Waals surface area contributed by atoms with Crippen LogP contribution in [0.1, 0.15) is 18.4 Å². The summed E-state index contributed by atoms with van der Waals surface area (Å²) in [7, 11) is 0. The van der Waals surface area contributed by atoms with Crippen LogP contribution in [-0.2, 0) is 6.18 Å². The molecule has 1 heterocycles. The van der Waals surface area contributed by atoms with Gasteiger partial charge in [0.1, 0.15) is 5.82 Å². The molecule has 2 rings (SSSR count). The van der Waals surface area contributed by atoms with Crippen LogP contribution in [-0.4, -0.2) is 26.2 Å². The molecule has 0 saturated carbocycles. The molecule has 1 fully saturated rings. The Balaban J connectivity index is 2.23. The van der Waals surface area contributed by atoms with Crippen LogP contribution in [0.4, 0.5) is 23.2 Å². The van der Waals surface area contributed by atoms with Crippen molar-refractivity contribution in [2.24, 2.45) is 0 Å². The van der Waals surface area contributed by atoms with Crippen molar-refractivity contribution in [1.82, 2.24) is 5.32 Å². The highest BCUT2D eigenvalue weighted by molar-refractivity contribution is 5.49. The van der Waals surface area contributed by atoms with Gasteiger partial charge in [0.2, 0.25) is 0 Å². The molecule has 1 aromatic rings. The monoisotopic (exact) mass is 276 g/mol. The number of anilines is 1. The maximum absolute atomic E-state index is 13.2. The second kappa shape index (κ2) is 5.77. The Labute approximate surface area is 109 Å². The third-order valence-electron chi connectivity index (χ3n) is 3.18. The zero-order chi connectivity index (χ0) is 13.9. The molecule has 1 aliphatic rings. The maximum atomic E-state index is 13.2. The molecule has 0 amide bonds. The topological polar surface area (TPSA) is 15.3 Å². The van der Waals surface area contributed by atoms with Crippen molar-refractivity contribution in [2.45, 2.75) is 19.0 Å². The highest BCUT2D eigenvalue weighted by Gasteiger charge is 2.34. The molecule has 1 saturated heterocycles. The van der Waals surface area contributed by atoms with Gasteiger partial charge in [0, 0.05) is 18.8 Å². The quantitative estimate of drug-likeness (QED) is 0.793. The number of halogens is 4. The lowest BCUT2D eigenvalue weighted by Gasteiger charge is -2.27.